The molecule has 0 amide bonds. The van der Waals surface area contributed by atoms with Crippen molar-refractivity contribution >= 4 is 5.69 Å². The molecule has 0 saturated heterocycles. The largest absolute Gasteiger partial charge is 0.377 e. The fourth-order valence-electron chi connectivity index (χ4n) is 1.26. The molecule has 0 saturated carbocycles. The van der Waals surface area contributed by atoms with Gasteiger partial charge in [0.05, 0.1) is 24.6 Å². The van der Waals surface area contributed by atoms with Crippen molar-refractivity contribution < 1.29 is 0 Å². The highest BCUT2D eigenvalue weighted by molar-refractivity contribution is 5.37. The van der Waals surface area contributed by atoms with Gasteiger partial charge >= 0.3 is 0 Å². The SMILES string of the molecule is Cn1cccc1CNc1cncnc1. The lowest BCUT2D eigenvalue weighted by atomic mass is 10.4. The Morgan fingerprint density at radius 3 is 2.79 bits per heavy atom. The zero-order chi connectivity index (χ0) is 9.80. The lowest BCUT2D eigenvalue weighted by molar-refractivity contribution is 0.841. The highest BCUT2D eigenvalue weighted by Gasteiger charge is 1.96. The number of aromatic nitrogens is 3. The standard InChI is InChI=1S/C10H12N4/c1-14-4-2-3-10(14)7-13-9-5-11-8-12-6-9/h2-6,8,13H,7H2,1H3. The summed E-state index contributed by atoms with van der Waals surface area (Å²) in [5.74, 6) is 0. The summed E-state index contributed by atoms with van der Waals surface area (Å²) in [4.78, 5) is 7.85. The van der Waals surface area contributed by atoms with E-state index in [0.717, 1.165) is 12.2 Å². The Balaban J connectivity index is 1.99. The maximum atomic E-state index is 3.93. The number of hydrogen-bond donors (Lipinski definition) is 1. The molecule has 2 aromatic rings. The lowest BCUT2D eigenvalue weighted by Gasteiger charge is -2.05. The van der Waals surface area contributed by atoms with Crippen molar-refractivity contribution in [2.24, 2.45) is 7.05 Å². The van der Waals surface area contributed by atoms with E-state index in [-0.39, 0.29) is 0 Å². The normalized spacial score (nSPS) is 10.1. The van der Waals surface area contributed by atoms with Crippen LogP contribution in [0.1, 0.15) is 5.69 Å². The summed E-state index contributed by atoms with van der Waals surface area (Å²) in [5.41, 5.74) is 2.17. The van der Waals surface area contributed by atoms with Gasteiger partial charge in [-0.2, -0.15) is 0 Å². The molecule has 0 aromatic carbocycles. The molecule has 0 fully saturated rings. The van der Waals surface area contributed by atoms with E-state index in [9.17, 15) is 0 Å². The van der Waals surface area contributed by atoms with Crippen molar-refractivity contribution in [3.8, 4) is 0 Å². The zero-order valence-electron chi connectivity index (χ0n) is 8.01. The van der Waals surface area contributed by atoms with E-state index in [2.05, 4.69) is 25.9 Å². The molecule has 0 aliphatic heterocycles. The van der Waals surface area contributed by atoms with Crippen LogP contribution in [0.5, 0.6) is 0 Å². The molecular weight excluding hydrogens is 176 g/mol. The van der Waals surface area contributed by atoms with Crippen LogP contribution in [0, 0.1) is 0 Å². The first-order valence-corrected chi connectivity index (χ1v) is 4.45. The average Bonchev–Trinajstić information content (AvgIpc) is 2.63. The van der Waals surface area contributed by atoms with E-state index >= 15 is 0 Å². The third-order valence-corrected chi connectivity index (χ3v) is 2.09. The highest BCUT2D eigenvalue weighted by Crippen LogP contribution is 2.05. The number of aryl methyl sites for hydroxylation is 1. The Hall–Kier alpha value is -1.84. The van der Waals surface area contributed by atoms with Gasteiger partial charge in [-0.05, 0) is 12.1 Å². The summed E-state index contributed by atoms with van der Waals surface area (Å²) in [7, 11) is 2.03. The van der Waals surface area contributed by atoms with Gasteiger partial charge in [-0.25, -0.2) is 9.97 Å². The summed E-state index contributed by atoms with van der Waals surface area (Å²) < 4.78 is 2.08. The lowest BCUT2D eigenvalue weighted by Crippen LogP contribution is -2.04. The molecule has 0 aliphatic carbocycles. The van der Waals surface area contributed by atoms with Crippen molar-refractivity contribution in [1.82, 2.24) is 14.5 Å². The van der Waals surface area contributed by atoms with Crippen LogP contribution >= 0.6 is 0 Å². The first kappa shape index (κ1) is 8.74. The van der Waals surface area contributed by atoms with Gasteiger partial charge in [0.15, 0.2) is 0 Å². The van der Waals surface area contributed by atoms with E-state index in [4.69, 9.17) is 0 Å². The molecule has 2 heterocycles. The Morgan fingerprint density at radius 1 is 1.36 bits per heavy atom. The van der Waals surface area contributed by atoms with Gasteiger partial charge in [-0.3, -0.25) is 0 Å². The molecule has 0 atom stereocenters. The molecule has 1 N–H and O–H groups in total. The average molecular weight is 188 g/mol. The summed E-state index contributed by atoms with van der Waals surface area (Å²) >= 11 is 0. The van der Waals surface area contributed by atoms with Crippen LogP contribution in [0.15, 0.2) is 37.1 Å². The van der Waals surface area contributed by atoms with Crippen molar-refractivity contribution in [3.63, 3.8) is 0 Å². The summed E-state index contributed by atoms with van der Waals surface area (Å²) in [6.07, 6.45) is 7.07. The summed E-state index contributed by atoms with van der Waals surface area (Å²) in [5, 5.41) is 3.24. The van der Waals surface area contributed by atoms with Crippen LogP contribution < -0.4 is 5.32 Å². The third-order valence-electron chi connectivity index (χ3n) is 2.09. The maximum Gasteiger partial charge on any atom is 0.115 e. The van der Waals surface area contributed by atoms with Crippen LogP contribution in [0.3, 0.4) is 0 Å². The molecule has 0 bridgehead atoms. The number of nitrogens with zero attached hydrogens (tertiary/aromatic N) is 3. The first-order valence-electron chi connectivity index (χ1n) is 4.45. The molecule has 0 radical (unpaired) electrons. The quantitative estimate of drug-likeness (QED) is 0.792. The second-order valence-electron chi connectivity index (χ2n) is 3.09. The van der Waals surface area contributed by atoms with Crippen LogP contribution in [-0.2, 0) is 13.6 Å². The second-order valence-corrected chi connectivity index (χ2v) is 3.09. The van der Waals surface area contributed by atoms with Crippen LogP contribution in [-0.4, -0.2) is 14.5 Å². The Labute approximate surface area is 82.6 Å². The van der Waals surface area contributed by atoms with E-state index in [1.807, 2.05) is 19.3 Å². The first-order chi connectivity index (χ1) is 6.86. The topological polar surface area (TPSA) is 42.7 Å². The Morgan fingerprint density at radius 2 is 2.14 bits per heavy atom. The molecule has 14 heavy (non-hydrogen) atoms. The molecule has 4 heteroatoms. The minimum Gasteiger partial charge on any atom is -0.377 e. The van der Waals surface area contributed by atoms with Gasteiger partial charge in [-0.1, -0.05) is 0 Å². The fraction of sp³-hybridized carbons (Fsp3) is 0.200. The minimum absolute atomic E-state index is 0.789. The maximum absolute atomic E-state index is 3.93. The number of hydrogen-bond acceptors (Lipinski definition) is 3. The second kappa shape index (κ2) is 3.91. The molecular formula is C10H12N4. The summed E-state index contributed by atoms with van der Waals surface area (Å²) in [6, 6.07) is 4.11. The van der Waals surface area contributed by atoms with Gasteiger partial charge in [0, 0.05) is 18.9 Å². The highest BCUT2D eigenvalue weighted by atomic mass is 15.0. The summed E-state index contributed by atoms with van der Waals surface area (Å²) in [6.45, 7) is 0.789. The molecule has 4 nitrogen and oxygen atoms in total. The monoisotopic (exact) mass is 188 g/mol. The van der Waals surface area contributed by atoms with E-state index in [1.54, 1.807) is 12.4 Å². The Kier molecular flexibility index (Phi) is 2.44. The molecule has 0 unspecified atom stereocenters. The van der Waals surface area contributed by atoms with Crippen LogP contribution in [0.25, 0.3) is 0 Å². The van der Waals surface area contributed by atoms with Gasteiger partial charge < -0.3 is 9.88 Å². The van der Waals surface area contributed by atoms with Crippen molar-refractivity contribution in [2.75, 3.05) is 5.32 Å². The van der Waals surface area contributed by atoms with Crippen molar-refractivity contribution in [1.29, 1.82) is 0 Å². The van der Waals surface area contributed by atoms with Crippen LogP contribution in [0.4, 0.5) is 5.69 Å². The van der Waals surface area contributed by atoms with Crippen LogP contribution in [0.2, 0.25) is 0 Å². The van der Waals surface area contributed by atoms with Gasteiger partial charge in [0.2, 0.25) is 0 Å². The molecule has 2 rings (SSSR count). The Bertz CT molecular complexity index is 394. The van der Waals surface area contributed by atoms with Gasteiger partial charge in [0.25, 0.3) is 0 Å². The molecule has 72 valence electrons. The molecule has 2 aromatic heterocycles. The van der Waals surface area contributed by atoms with E-state index < -0.39 is 0 Å². The van der Waals surface area contributed by atoms with Crippen molar-refractivity contribution in [3.05, 3.63) is 42.7 Å². The molecule has 0 spiro atoms. The predicted octanol–water partition coefficient (Wildman–Crippen LogP) is 1.43. The van der Waals surface area contributed by atoms with E-state index in [1.165, 1.54) is 12.0 Å². The smallest absolute Gasteiger partial charge is 0.115 e. The molecule has 0 aliphatic rings. The number of nitrogens with one attached hydrogen (secondary N) is 1. The predicted molar refractivity (Wildman–Crippen MR) is 54.8 cm³/mol. The van der Waals surface area contributed by atoms with Gasteiger partial charge in [-0.15, -0.1) is 0 Å². The van der Waals surface area contributed by atoms with E-state index in [0.29, 0.717) is 0 Å². The zero-order valence-corrected chi connectivity index (χ0v) is 8.01. The fourth-order valence-corrected chi connectivity index (χ4v) is 1.26. The minimum atomic E-state index is 0.789. The van der Waals surface area contributed by atoms with Gasteiger partial charge in [0.1, 0.15) is 6.33 Å². The number of rotatable bonds is 3. The number of anilines is 1. The third kappa shape index (κ3) is 1.90. The van der Waals surface area contributed by atoms with Crippen molar-refractivity contribution in [2.45, 2.75) is 6.54 Å².